The largest absolute Gasteiger partial charge is 0.332 e. The van der Waals surface area contributed by atoms with Crippen LogP contribution in [0.4, 0.5) is 5.69 Å². The van der Waals surface area contributed by atoms with E-state index in [4.69, 9.17) is 0 Å². The van der Waals surface area contributed by atoms with Crippen LogP contribution in [0.5, 0.6) is 0 Å². The number of hydrogen-bond acceptors (Lipinski definition) is 4. The topological polar surface area (TPSA) is 86.0 Å². The van der Waals surface area contributed by atoms with Crippen molar-refractivity contribution in [1.29, 1.82) is 0 Å². The highest BCUT2D eigenvalue weighted by Crippen LogP contribution is 2.16. The highest BCUT2D eigenvalue weighted by atomic mass is 16.2. The maximum Gasteiger partial charge on any atom is 0.332 e. The lowest BCUT2D eigenvalue weighted by molar-refractivity contribution is -0.119. The summed E-state index contributed by atoms with van der Waals surface area (Å²) in [7, 11) is 2.94. The molecule has 126 valence electrons. The molecule has 0 unspecified atom stereocenters. The van der Waals surface area contributed by atoms with Gasteiger partial charge in [0.25, 0.3) is 5.56 Å². The molecule has 2 aromatic rings. The predicted octanol–water partition coefficient (Wildman–Crippen LogP) is 1.34. The molecule has 7 nitrogen and oxygen atoms in total. The van der Waals surface area contributed by atoms with Gasteiger partial charge in [-0.15, -0.1) is 13.2 Å². The van der Waals surface area contributed by atoms with Crippen LogP contribution < -0.4 is 16.6 Å². The monoisotopic (exact) mass is 328 g/mol. The number of hydrogen-bond donors (Lipinski definition) is 1. The molecule has 0 aliphatic heterocycles. The molecule has 7 heteroatoms. The zero-order valence-electron chi connectivity index (χ0n) is 13.8. The Labute approximate surface area is 138 Å². The van der Waals surface area contributed by atoms with Gasteiger partial charge in [0.05, 0.1) is 17.3 Å². The molecule has 0 saturated heterocycles. The molecule has 24 heavy (non-hydrogen) atoms. The third-order valence-corrected chi connectivity index (χ3v) is 3.83. The molecular weight excluding hydrogens is 308 g/mol. The van der Waals surface area contributed by atoms with Gasteiger partial charge in [-0.3, -0.25) is 18.7 Å². The van der Waals surface area contributed by atoms with Crippen LogP contribution in [0.3, 0.4) is 0 Å². The SMILES string of the molecule is C=CCC(CC=C)C(=O)Nc1cnc2c(c1)c(=O)n(C)c(=O)n2C. The highest BCUT2D eigenvalue weighted by Gasteiger charge is 2.17. The molecule has 0 saturated carbocycles. The molecule has 0 fully saturated rings. The molecule has 2 heterocycles. The Morgan fingerprint density at radius 2 is 1.88 bits per heavy atom. The van der Waals surface area contributed by atoms with Gasteiger partial charge in [-0.05, 0) is 18.9 Å². The number of anilines is 1. The maximum atomic E-state index is 12.3. The first-order valence-electron chi connectivity index (χ1n) is 7.49. The molecule has 0 atom stereocenters. The number of nitrogens with one attached hydrogen (secondary N) is 1. The lowest BCUT2D eigenvalue weighted by Gasteiger charge is -2.14. The van der Waals surface area contributed by atoms with Crippen molar-refractivity contribution in [3.8, 4) is 0 Å². The highest BCUT2D eigenvalue weighted by molar-refractivity contribution is 5.94. The number of nitrogens with zero attached hydrogens (tertiary/aromatic N) is 3. The minimum Gasteiger partial charge on any atom is -0.324 e. The van der Waals surface area contributed by atoms with Crippen LogP contribution in [0.25, 0.3) is 11.0 Å². The molecule has 0 aliphatic rings. The fraction of sp³-hybridized carbons (Fsp3) is 0.294. The Hall–Kier alpha value is -2.96. The number of rotatable bonds is 6. The van der Waals surface area contributed by atoms with E-state index in [1.54, 1.807) is 19.2 Å². The summed E-state index contributed by atoms with van der Waals surface area (Å²) >= 11 is 0. The fourth-order valence-electron chi connectivity index (χ4n) is 2.49. The Kier molecular flexibility index (Phi) is 5.13. The van der Waals surface area contributed by atoms with Crippen molar-refractivity contribution < 1.29 is 4.79 Å². The molecule has 0 aromatic carbocycles. The first kappa shape index (κ1) is 17.4. The maximum absolute atomic E-state index is 12.3. The van der Waals surface area contributed by atoms with Crippen LogP contribution in [0.1, 0.15) is 12.8 Å². The zero-order chi connectivity index (χ0) is 17.9. The second kappa shape index (κ2) is 7.08. The van der Waals surface area contributed by atoms with Gasteiger partial charge in [0.15, 0.2) is 0 Å². The normalized spacial score (nSPS) is 10.8. The Morgan fingerprint density at radius 1 is 1.25 bits per heavy atom. The van der Waals surface area contributed by atoms with Crippen LogP contribution in [0, 0.1) is 5.92 Å². The number of aryl methyl sites for hydroxylation is 1. The summed E-state index contributed by atoms with van der Waals surface area (Å²) in [5.41, 5.74) is -0.226. The minimum absolute atomic E-state index is 0.197. The average Bonchev–Trinajstić information content (AvgIpc) is 2.57. The third-order valence-electron chi connectivity index (χ3n) is 3.83. The van der Waals surface area contributed by atoms with E-state index in [9.17, 15) is 14.4 Å². The van der Waals surface area contributed by atoms with Crippen molar-refractivity contribution in [2.24, 2.45) is 20.0 Å². The van der Waals surface area contributed by atoms with E-state index in [2.05, 4.69) is 23.5 Å². The van der Waals surface area contributed by atoms with Crippen LogP contribution in [0.2, 0.25) is 0 Å². The summed E-state index contributed by atoms with van der Waals surface area (Å²) in [5.74, 6) is -0.476. The molecular formula is C17H20N4O3. The molecule has 0 bridgehead atoms. The molecule has 0 aliphatic carbocycles. The second-order valence-corrected chi connectivity index (χ2v) is 5.54. The average molecular weight is 328 g/mol. The summed E-state index contributed by atoms with van der Waals surface area (Å²) < 4.78 is 2.30. The summed E-state index contributed by atoms with van der Waals surface area (Å²) in [6.07, 6.45) is 5.83. The minimum atomic E-state index is -0.453. The summed E-state index contributed by atoms with van der Waals surface area (Å²) in [6.45, 7) is 7.30. The number of carbonyl (C=O) groups excluding carboxylic acids is 1. The molecule has 1 amide bonds. The third kappa shape index (κ3) is 3.19. The first-order chi connectivity index (χ1) is 11.4. The second-order valence-electron chi connectivity index (χ2n) is 5.54. The lowest BCUT2D eigenvalue weighted by Crippen LogP contribution is -2.37. The lowest BCUT2D eigenvalue weighted by atomic mass is 10.0. The Morgan fingerprint density at radius 3 is 2.46 bits per heavy atom. The van der Waals surface area contributed by atoms with E-state index < -0.39 is 11.2 Å². The van der Waals surface area contributed by atoms with Crippen LogP contribution in [-0.4, -0.2) is 20.0 Å². The molecule has 2 rings (SSSR count). The van der Waals surface area contributed by atoms with Crippen molar-refractivity contribution in [2.75, 3.05) is 5.32 Å². The number of amides is 1. The number of allylic oxidation sites excluding steroid dienone is 2. The van der Waals surface area contributed by atoms with Gasteiger partial charge in [0.2, 0.25) is 5.91 Å². The predicted molar refractivity (Wildman–Crippen MR) is 94.0 cm³/mol. The van der Waals surface area contributed by atoms with Crippen molar-refractivity contribution >= 4 is 22.6 Å². The first-order valence-corrected chi connectivity index (χ1v) is 7.49. The molecule has 0 radical (unpaired) electrons. The Balaban J connectivity index is 2.43. The van der Waals surface area contributed by atoms with Crippen LogP contribution in [0.15, 0.2) is 47.2 Å². The van der Waals surface area contributed by atoms with Gasteiger partial charge in [-0.25, -0.2) is 9.78 Å². The van der Waals surface area contributed by atoms with E-state index in [1.807, 2.05) is 0 Å². The summed E-state index contributed by atoms with van der Waals surface area (Å²) in [4.78, 5) is 40.6. The number of carbonyl (C=O) groups is 1. The number of fused-ring (bicyclic) bond motifs is 1. The number of pyridine rings is 1. The quantitative estimate of drug-likeness (QED) is 0.811. The van der Waals surface area contributed by atoms with Crippen molar-refractivity contribution in [1.82, 2.24) is 14.1 Å². The molecule has 0 spiro atoms. The van der Waals surface area contributed by atoms with E-state index in [0.29, 0.717) is 18.5 Å². The summed E-state index contributed by atoms with van der Waals surface area (Å²) in [6, 6.07) is 1.53. The number of aromatic nitrogens is 3. The van der Waals surface area contributed by atoms with Gasteiger partial charge < -0.3 is 5.32 Å². The fourth-order valence-corrected chi connectivity index (χ4v) is 2.49. The van der Waals surface area contributed by atoms with E-state index >= 15 is 0 Å². The van der Waals surface area contributed by atoms with Crippen LogP contribution in [-0.2, 0) is 18.9 Å². The van der Waals surface area contributed by atoms with Gasteiger partial charge in [-0.1, -0.05) is 12.2 Å². The Bertz CT molecular complexity index is 914. The van der Waals surface area contributed by atoms with Gasteiger partial charge in [-0.2, -0.15) is 0 Å². The zero-order valence-corrected chi connectivity index (χ0v) is 13.8. The van der Waals surface area contributed by atoms with Crippen molar-refractivity contribution in [2.45, 2.75) is 12.8 Å². The smallest absolute Gasteiger partial charge is 0.324 e. The van der Waals surface area contributed by atoms with Crippen LogP contribution >= 0.6 is 0 Å². The molecule has 1 N–H and O–H groups in total. The van der Waals surface area contributed by atoms with E-state index in [1.165, 1.54) is 23.9 Å². The summed E-state index contributed by atoms with van der Waals surface area (Å²) in [5, 5.41) is 3.02. The van der Waals surface area contributed by atoms with Gasteiger partial charge in [0, 0.05) is 20.0 Å². The van der Waals surface area contributed by atoms with Gasteiger partial charge in [0.1, 0.15) is 5.65 Å². The van der Waals surface area contributed by atoms with E-state index in [-0.39, 0.29) is 22.9 Å². The molecule has 2 aromatic heterocycles. The van der Waals surface area contributed by atoms with Crippen molar-refractivity contribution in [3.63, 3.8) is 0 Å². The van der Waals surface area contributed by atoms with E-state index in [0.717, 1.165) is 4.57 Å². The van der Waals surface area contributed by atoms with Gasteiger partial charge >= 0.3 is 5.69 Å². The standard InChI is InChI=1S/C17H20N4O3/c1-5-7-11(8-6-2)15(22)19-12-9-13-14(18-10-12)20(3)17(24)21(4)16(13)23/h5-6,9-11H,1-2,7-8H2,3-4H3,(H,19,22). The van der Waals surface area contributed by atoms with Crippen molar-refractivity contribution in [3.05, 3.63) is 58.4 Å².